The molecule has 0 saturated carbocycles. The molecule has 1 aromatic rings. The Balaban J connectivity index is 2.38. The fourth-order valence-electron chi connectivity index (χ4n) is 1.34. The maximum absolute atomic E-state index is 11.5. The molecule has 0 heterocycles. The number of carbonyl (C=O) groups is 1. The number of alkyl carbamates (subject to hydrolysis) is 1. The Morgan fingerprint density at radius 3 is 2.58 bits per heavy atom. The molecule has 5 heteroatoms. The summed E-state index contributed by atoms with van der Waals surface area (Å²) in [6, 6.07) is 7.59. The van der Waals surface area contributed by atoms with E-state index in [0.29, 0.717) is 6.54 Å². The van der Waals surface area contributed by atoms with Crippen LogP contribution in [0.2, 0.25) is 0 Å². The summed E-state index contributed by atoms with van der Waals surface area (Å²) >= 11 is 3.41. The van der Waals surface area contributed by atoms with Crippen molar-refractivity contribution in [2.75, 3.05) is 6.54 Å². The van der Waals surface area contributed by atoms with Crippen molar-refractivity contribution in [1.29, 1.82) is 0 Å². The highest BCUT2D eigenvalue weighted by Crippen LogP contribution is 2.24. The van der Waals surface area contributed by atoms with Crippen molar-refractivity contribution in [3.63, 3.8) is 0 Å². The SMILES string of the molecule is CC(CNC(=O)OC(C)(C)C)Oc1ccccc1Br. The van der Waals surface area contributed by atoms with Gasteiger partial charge in [-0.15, -0.1) is 0 Å². The molecule has 0 saturated heterocycles. The first-order valence-corrected chi connectivity index (χ1v) is 6.95. The van der Waals surface area contributed by atoms with Crippen LogP contribution in [-0.2, 0) is 4.74 Å². The third kappa shape index (κ3) is 6.47. The summed E-state index contributed by atoms with van der Waals surface area (Å²) in [6.07, 6.45) is -0.582. The van der Waals surface area contributed by atoms with Crippen molar-refractivity contribution in [3.8, 4) is 5.75 Å². The van der Waals surface area contributed by atoms with E-state index in [9.17, 15) is 4.79 Å². The highest BCUT2D eigenvalue weighted by molar-refractivity contribution is 9.10. The van der Waals surface area contributed by atoms with Gasteiger partial charge in [0.2, 0.25) is 0 Å². The number of nitrogens with one attached hydrogen (secondary N) is 1. The molecule has 0 aromatic heterocycles. The summed E-state index contributed by atoms with van der Waals surface area (Å²) < 4.78 is 11.7. The van der Waals surface area contributed by atoms with Crippen molar-refractivity contribution in [1.82, 2.24) is 5.32 Å². The lowest BCUT2D eigenvalue weighted by atomic mass is 10.2. The molecular formula is C14H20BrNO3. The predicted molar refractivity (Wildman–Crippen MR) is 78.5 cm³/mol. The molecule has 0 fully saturated rings. The highest BCUT2D eigenvalue weighted by Gasteiger charge is 2.16. The lowest BCUT2D eigenvalue weighted by molar-refractivity contribution is 0.0505. The summed E-state index contributed by atoms with van der Waals surface area (Å²) in [7, 11) is 0. The summed E-state index contributed by atoms with van der Waals surface area (Å²) in [6.45, 7) is 7.75. The van der Waals surface area contributed by atoms with Gasteiger partial charge in [-0.2, -0.15) is 0 Å². The van der Waals surface area contributed by atoms with E-state index in [-0.39, 0.29) is 6.10 Å². The first-order chi connectivity index (χ1) is 8.78. The van der Waals surface area contributed by atoms with Crippen LogP contribution in [0.4, 0.5) is 4.79 Å². The van der Waals surface area contributed by atoms with Gasteiger partial charge in [-0.1, -0.05) is 12.1 Å². The lowest BCUT2D eigenvalue weighted by Crippen LogP contribution is -2.37. The zero-order valence-electron chi connectivity index (χ0n) is 11.7. The normalized spacial score (nSPS) is 12.7. The number of hydrogen-bond donors (Lipinski definition) is 1. The molecular weight excluding hydrogens is 310 g/mol. The van der Waals surface area contributed by atoms with Crippen molar-refractivity contribution in [3.05, 3.63) is 28.7 Å². The molecule has 1 aromatic carbocycles. The smallest absolute Gasteiger partial charge is 0.407 e. The van der Waals surface area contributed by atoms with Gasteiger partial charge in [-0.3, -0.25) is 0 Å². The molecule has 1 amide bonds. The molecule has 1 atom stereocenters. The minimum absolute atomic E-state index is 0.147. The maximum Gasteiger partial charge on any atom is 0.407 e. The second-order valence-electron chi connectivity index (χ2n) is 5.24. The summed E-state index contributed by atoms with van der Waals surface area (Å²) in [5, 5.41) is 2.68. The third-order valence-electron chi connectivity index (χ3n) is 2.10. The quantitative estimate of drug-likeness (QED) is 0.915. The molecule has 106 valence electrons. The van der Waals surface area contributed by atoms with Gasteiger partial charge in [0.15, 0.2) is 0 Å². The van der Waals surface area contributed by atoms with Gasteiger partial charge in [0.05, 0.1) is 11.0 Å². The second-order valence-corrected chi connectivity index (χ2v) is 6.10. The van der Waals surface area contributed by atoms with Crippen LogP contribution in [0, 0.1) is 0 Å². The second kappa shape index (κ2) is 6.80. The Hall–Kier alpha value is -1.23. The summed E-state index contributed by atoms with van der Waals surface area (Å²) in [5.41, 5.74) is -0.489. The molecule has 0 bridgehead atoms. The van der Waals surface area contributed by atoms with E-state index in [0.717, 1.165) is 10.2 Å². The van der Waals surface area contributed by atoms with E-state index in [1.807, 2.05) is 52.0 Å². The summed E-state index contributed by atoms with van der Waals surface area (Å²) in [4.78, 5) is 11.5. The topological polar surface area (TPSA) is 47.6 Å². The Morgan fingerprint density at radius 1 is 1.37 bits per heavy atom. The molecule has 1 unspecified atom stereocenters. The molecule has 0 radical (unpaired) electrons. The van der Waals surface area contributed by atoms with Gasteiger partial charge in [-0.05, 0) is 55.8 Å². The van der Waals surface area contributed by atoms with Crippen LogP contribution in [0.25, 0.3) is 0 Å². The average molecular weight is 330 g/mol. The molecule has 0 aliphatic rings. The number of benzene rings is 1. The Labute approximate surface area is 122 Å². The van der Waals surface area contributed by atoms with Crippen LogP contribution in [-0.4, -0.2) is 24.3 Å². The van der Waals surface area contributed by atoms with Crippen LogP contribution in [0.15, 0.2) is 28.7 Å². The van der Waals surface area contributed by atoms with Crippen molar-refractivity contribution >= 4 is 22.0 Å². The molecule has 4 nitrogen and oxygen atoms in total. The van der Waals surface area contributed by atoms with Crippen molar-refractivity contribution < 1.29 is 14.3 Å². The Morgan fingerprint density at radius 2 is 2.00 bits per heavy atom. The Kier molecular flexibility index (Phi) is 5.66. The van der Waals surface area contributed by atoms with Crippen LogP contribution >= 0.6 is 15.9 Å². The van der Waals surface area contributed by atoms with Crippen molar-refractivity contribution in [2.45, 2.75) is 39.4 Å². The average Bonchev–Trinajstić information content (AvgIpc) is 2.27. The minimum Gasteiger partial charge on any atom is -0.488 e. The van der Waals surface area contributed by atoms with Gasteiger partial charge >= 0.3 is 6.09 Å². The molecule has 0 spiro atoms. The number of hydrogen-bond acceptors (Lipinski definition) is 3. The number of halogens is 1. The third-order valence-corrected chi connectivity index (χ3v) is 2.75. The van der Waals surface area contributed by atoms with E-state index < -0.39 is 11.7 Å². The number of ether oxygens (including phenoxy) is 2. The zero-order valence-corrected chi connectivity index (χ0v) is 13.3. The molecule has 0 aliphatic heterocycles. The number of rotatable bonds is 4. The molecule has 19 heavy (non-hydrogen) atoms. The van der Waals surface area contributed by atoms with Gasteiger partial charge in [-0.25, -0.2) is 4.79 Å². The number of para-hydroxylation sites is 1. The monoisotopic (exact) mass is 329 g/mol. The maximum atomic E-state index is 11.5. The molecule has 1 rings (SSSR count). The Bertz CT molecular complexity index is 429. The number of carbonyl (C=O) groups excluding carboxylic acids is 1. The highest BCUT2D eigenvalue weighted by atomic mass is 79.9. The first-order valence-electron chi connectivity index (χ1n) is 6.16. The van der Waals surface area contributed by atoms with Gasteiger partial charge in [0.1, 0.15) is 17.5 Å². The van der Waals surface area contributed by atoms with Gasteiger partial charge in [0.25, 0.3) is 0 Å². The van der Waals surface area contributed by atoms with Crippen LogP contribution in [0.1, 0.15) is 27.7 Å². The largest absolute Gasteiger partial charge is 0.488 e. The van der Waals surface area contributed by atoms with Gasteiger partial charge in [0, 0.05) is 0 Å². The van der Waals surface area contributed by atoms with E-state index in [4.69, 9.17) is 9.47 Å². The fourth-order valence-corrected chi connectivity index (χ4v) is 1.72. The van der Waals surface area contributed by atoms with E-state index in [2.05, 4.69) is 21.2 Å². The predicted octanol–water partition coefficient (Wildman–Crippen LogP) is 3.74. The van der Waals surface area contributed by atoms with E-state index >= 15 is 0 Å². The standard InChI is InChI=1S/C14H20BrNO3/c1-10(9-16-13(17)19-14(2,3)4)18-12-8-6-5-7-11(12)15/h5-8,10H,9H2,1-4H3,(H,16,17). The number of amides is 1. The summed E-state index contributed by atoms with van der Waals surface area (Å²) in [5.74, 6) is 0.751. The molecule has 0 aliphatic carbocycles. The lowest BCUT2D eigenvalue weighted by Gasteiger charge is -2.21. The van der Waals surface area contributed by atoms with Crippen LogP contribution in [0.3, 0.4) is 0 Å². The van der Waals surface area contributed by atoms with Gasteiger partial charge < -0.3 is 14.8 Å². The first kappa shape index (κ1) is 15.8. The molecule has 1 N–H and O–H groups in total. The fraction of sp³-hybridized carbons (Fsp3) is 0.500. The van der Waals surface area contributed by atoms with E-state index in [1.165, 1.54) is 0 Å². The van der Waals surface area contributed by atoms with Crippen LogP contribution in [0.5, 0.6) is 5.75 Å². The van der Waals surface area contributed by atoms with Crippen molar-refractivity contribution in [2.24, 2.45) is 0 Å². The minimum atomic E-state index is -0.489. The van der Waals surface area contributed by atoms with E-state index in [1.54, 1.807) is 0 Å². The van der Waals surface area contributed by atoms with Crippen LogP contribution < -0.4 is 10.1 Å². The zero-order chi connectivity index (χ0) is 14.5.